The Bertz CT molecular complexity index is 97.7. The van der Waals surface area contributed by atoms with Gasteiger partial charge in [-0.05, 0) is 12.8 Å². The summed E-state index contributed by atoms with van der Waals surface area (Å²) in [5.74, 6) is 0.556. The smallest absolute Gasteiger partial charge is 0.160 e. The molecule has 1 fully saturated rings. The van der Waals surface area contributed by atoms with Crippen LogP contribution in [0.4, 0.5) is 0 Å². The lowest BCUT2D eigenvalue weighted by Gasteiger charge is -2.27. The Labute approximate surface area is 68.9 Å². The quantitative estimate of drug-likeness (QED) is 0.626. The second-order valence-corrected chi connectivity index (χ2v) is 3.23. The normalized spacial score (nSPS) is 23.5. The summed E-state index contributed by atoms with van der Waals surface area (Å²) in [4.78, 5) is 0. The molecule has 0 aromatic carbocycles. The van der Waals surface area contributed by atoms with Crippen molar-refractivity contribution >= 4 is 0 Å². The minimum atomic E-state index is 0.0729. The molecule has 11 heavy (non-hydrogen) atoms. The highest BCUT2D eigenvalue weighted by Gasteiger charge is 2.20. The monoisotopic (exact) mass is 158 g/mol. The number of hydrogen-bond donors (Lipinski definition) is 0. The summed E-state index contributed by atoms with van der Waals surface area (Å²) in [6, 6.07) is 0. The largest absolute Gasteiger partial charge is 0.352 e. The van der Waals surface area contributed by atoms with Crippen molar-refractivity contribution in [2.24, 2.45) is 5.92 Å². The van der Waals surface area contributed by atoms with Gasteiger partial charge in [0, 0.05) is 5.92 Å². The molecule has 1 heterocycles. The Morgan fingerprint density at radius 3 is 2.55 bits per heavy atom. The second kappa shape index (κ2) is 4.73. The Kier molecular flexibility index (Phi) is 3.87. The molecule has 1 rings (SSSR count). The molecule has 1 atom stereocenters. The lowest BCUT2D eigenvalue weighted by Crippen LogP contribution is -2.30. The van der Waals surface area contributed by atoms with Gasteiger partial charge in [-0.15, -0.1) is 0 Å². The molecule has 0 spiro atoms. The van der Waals surface area contributed by atoms with Gasteiger partial charge in [-0.25, -0.2) is 0 Å². The molecular weight excluding hydrogens is 140 g/mol. The summed E-state index contributed by atoms with van der Waals surface area (Å²) in [6.07, 6.45) is 3.54. The first kappa shape index (κ1) is 9.01. The minimum absolute atomic E-state index is 0.0729. The van der Waals surface area contributed by atoms with Crippen molar-refractivity contribution in [3.05, 3.63) is 0 Å². The maximum atomic E-state index is 5.47. The molecule has 1 unspecified atom stereocenters. The van der Waals surface area contributed by atoms with E-state index in [1.807, 2.05) is 0 Å². The molecule has 0 aliphatic carbocycles. The maximum absolute atomic E-state index is 5.47. The van der Waals surface area contributed by atoms with Gasteiger partial charge < -0.3 is 9.47 Å². The molecule has 1 saturated heterocycles. The summed E-state index contributed by atoms with van der Waals surface area (Å²) in [6.45, 7) is 6.14. The third kappa shape index (κ3) is 2.80. The first-order valence-electron chi connectivity index (χ1n) is 4.57. The van der Waals surface area contributed by atoms with E-state index >= 15 is 0 Å². The molecule has 1 aliphatic rings. The van der Waals surface area contributed by atoms with Crippen molar-refractivity contribution in [1.29, 1.82) is 0 Å². The Morgan fingerprint density at radius 2 is 2.00 bits per heavy atom. The molecular formula is C9H18O2. The number of hydrogen-bond acceptors (Lipinski definition) is 2. The van der Waals surface area contributed by atoms with Crippen LogP contribution in [0.5, 0.6) is 0 Å². The van der Waals surface area contributed by atoms with Crippen LogP contribution in [0.1, 0.15) is 33.1 Å². The number of ether oxygens (including phenoxy) is 2. The van der Waals surface area contributed by atoms with Crippen LogP contribution in [0.2, 0.25) is 0 Å². The molecule has 0 aromatic rings. The van der Waals surface area contributed by atoms with Gasteiger partial charge in [0.15, 0.2) is 6.29 Å². The molecule has 0 aromatic heterocycles. The highest BCUT2D eigenvalue weighted by atomic mass is 16.7. The third-order valence-corrected chi connectivity index (χ3v) is 2.06. The van der Waals surface area contributed by atoms with Gasteiger partial charge in [0.25, 0.3) is 0 Å². The van der Waals surface area contributed by atoms with Crippen molar-refractivity contribution < 1.29 is 9.47 Å². The molecule has 1 aliphatic heterocycles. The zero-order valence-electron chi connectivity index (χ0n) is 7.51. The standard InChI is InChI=1S/C9H18O2/c1-3-5-8(2)9-10-6-4-7-11-9/h8-9H,3-7H2,1-2H3. The van der Waals surface area contributed by atoms with E-state index in [0.717, 1.165) is 19.6 Å². The SMILES string of the molecule is CCCC(C)C1OCCCO1. The average molecular weight is 158 g/mol. The lowest BCUT2D eigenvalue weighted by atomic mass is 10.1. The molecule has 66 valence electrons. The summed E-state index contributed by atoms with van der Waals surface area (Å²) in [5, 5.41) is 0. The third-order valence-electron chi connectivity index (χ3n) is 2.06. The van der Waals surface area contributed by atoms with Crippen LogP contribution < -0.4 is 0 Å². The van der Waals surface area contributed by atoms with Crippen LogP contribution in [0.3, 0.4) is 0 Å². The molecule has 0 N–H and O–H groups in total. The fraction of sp³-hybridized carbons (Fsp3) is 1.00. The summed E-state index contributed by atoms with van der Waals surface area (Å²) < 4.78 is 10.9. The van der Waals surface area contributed by atoms with E-state index in [4.69, 9.17) is 9.47 Å². The second-order valence-electron chi connectivity index (χ2n) is 3.23. The Morgan fingerprint density at radius 1 is 1.36 bits per heavy atom. The fourth-order valence-corrected chi connectivity index (χ4v) is 1.43. The summed E-state index contributed by atoms with van der Waals surface area (Å²) >= 11 is 0. The van der Waals surface area contributed by atoms with E-state index in [1.165, 1.54) is 12.8 Å². The van der Waals surface area contributed by atoms with Gasteiger partial charge >= 0.3 is 0 Å². The first-order chi connectivity index (χ1) is 5.34. The highest BCUT2D eigenvalue weighted by Crippen LogP contribution is 2.18. The van der Waals surface area contributed by atoms with E-state index in [-0.39, 0.29) is 6.29 Å². The molecule has 0 amide bonds. The van der Waals surface area contributed by atoms with E-state index in [0.29, 0.717) is 5.92 Å². The van der Waals surface area contributed by atoms with Crippen LogP contribution in [0.15, 0.2) is 0 Å². The van der Waals surface area contributed by atoms with E-state index in [9.17, 15) is 0 Å². The van der Waals surface area contributed by atoms with Gasteiger partial charge in [-0.3, -0.25) is 0 Å². The van der Waals surface area contributed by atoms with Crippen molar-refractivity contribution in [3.8, 4) is 0 Å². The van der Waals surface area contributed by atoms with E-state index in [2.05, 4.69) is 13.8 Å². The van der Waals surface area contributed by atoms with Crippen LogP contribution in [-0.4, -0.2) is 19.5 Å². The van der Waals surface area contributed by atoms with Gasteiger partial charge in [0.2, 0.25) is 0 Å². The Hall–Kier alpha value is -0.0800. The Balaban J connectivity index is 2.21. The van der Waals surface area contributed by atoms with Crippen LogP contribution in [-0.2, 0) is 9.47 Å². The topological polar surface area (TPSA) is 18.5 Å². The zero-order valence-corrected chi connectivity index (χ0v) is 7.51. The molecule has 0 saturated carbocycles. The van der Waals surface area contributed by atoms with Gasteiger partial charge in [-0.1, -0.05) is 20.3 Å². The van der Waals surface area contributed by atoms with Crippen molar-refractivity contribution in [3.63, 3.8) is 0 Å². The zero-order chi connectivity index (χ0) is 8.10. The molecule has 2 nitrogen and oxygen atoms in total. The van der Waals surface area contributed by atoms with Gasteiger partial charge in [0.1, 0.15) is 0 Å². The molecule has 2 heteroatoms. The van der Waals surface area contributed by atoms with Crippen LogP contribution >= 0.6 is 0 Å². The molecule has 0 radical (unpaired) electrons. The average Bonchev–Trinajstić information content (AvgIpc) is 2.07. The molecule has 0 bridgehead atoms. The van der Waals surface area contributed by atoms with Crippen molar-refractivity contribution in [2.45, 2.75) is 39.4 Å². The highest BCUT2D eigenvalue weighted by molar-refractivity contribution is 4.59. The number of rotatable bonds is 3. The summed E-state index contributed by atoms with van der Waals surface area (Å²) in [5.41, 5.74) is 0. The fourth-order valence-electron chi connectivity index (χ4n) is 1.43. The van der Waals surface area contributed by atoms with Gasteiger partial charge in [-0.2, -0.15) is 0 Å². The minimum Gasteiger partial charge on any atom is -0.352 e. The van der Waals surface area contributed by atoms with Crippen LogP contribution in [0, 0.1) is 5.92 Å². The van der Waals surface area contributed by atoms with Crippen LogP contribution in [0.25, 0.3) is 0 Å². The van der Waals surface area contributed by atoms with Crippen molar-refractivity contribution in [2.75, 3.05) is 13.2 Å². The maximum Gasteiger partial charge on any atom is 0.160 e. The lowest BCUT2D eigenvalue weighted by molar-refractivity contribution is -0.202. The van der Waals surface area contributed by atoms with E-state index < -0.39 is 0 Å². The first-order valence-corrected chi connectivity index (χ1v) is 4.57. The van der Waals surface area contributed by atoms with Crippen molar-refractivity contribution in [1.82, 2.24) is 0 Å². The van der Waals surface area contributed by atoms with Gasteiger partial charge in [0.05, 0.1) is 13.2 Å². The summed E-state index contributed by atoms with van der Waals surface area (Å²) in [7, 11) is 0. The van der Waals surface area contributed by atoms with E-state index in [1.54, 1.807) is 0 Å². The predicted octanol–water partition coefficient (Wildman–Crippen LogP) is 2.19. The predicted molar refractivity (Wildman–Crippen MR) is 44.4 cm³/mol.